The summed E-state index contributed by atoms with van der Waals surface area (Å²) in [7, 11) is 4.08. The second kappa shape index (κ2) is 10.1. The normalized spacial score (nSPS) is 15.7. The number of rotatable bonds is 8. The molecule has 0 spiro atoms. The Balaban J connectivity index is 0.00000264. The van der Waals surface area contributed by atoms with E-state index in [2.05, 4.69) is 41.4 Å². The lowest BCUT2D eigenvalue weighted by Crippen LogP contribution is -2.39. The van der Waals surface area contributed by atoms with Crippen molar-refractivity contribution in [3.8, 4) is 0 Å². The second-order valence-corrected chi connectivity index (χ2v) is 6.32. The Hall–Kier alpha value is -0.820. The largest absolute Gasteiger partial charge is 0.382 e. The van der Waals surface area contributed by atoms with Crippen molar-refractivity contribution in [2.24, 2.45) is 10.4 Å². The maximum atomic E-state index is 5.50. The molecule has 0 aromatic heterocycles. The highest BCUT2D eigenvalue weighted by Gasteiger charge is 2.42. The third kappa shape index (κ3) is 7.08. The molecule has 1 aromatic rings. The van der Waals surface area contributed by atoms with Crippen LogP contribution < -0.4 is 5.32 Å². The lowest BCUT2D eigenvalue weighted by molar-refractivity contribution is 0.128. The first-order valence-corrected chi connectivity index (χ1v) is 8.22. The zero-order valence-electron chi connectivity index (χ0n) is 14.5. The predicted molar refractivity (Wildman–Crippen MR) is 107 cm³/mol. The van der Waals surface area contributed by atoms with Gasteiger partial charge in [-0.15, -0.1) is 24.0 Å². The van der Waals surface area contributed by atoms with Crippen LogP contribution in [-0.4, -0.2) is 44.7 Å². The molecule has 0 amide bonds. The summed E-state index contributed by atoms with van der Waals surface area (Å²) < 4.78 is 5.50. The van der Waals surface area contributed by atoms with Crippen LogP contribution in [0.15, 0.2) is 35.3 Å². The first kappa shape index (κ1) is 20.2. The van der Waals surface area contributed by atoms with Crippen LogP contribution >= 0.6 is 24.0 Å². The Bertz CT molecular complexity index is 472. The van der Waals surface area contributed by atoms with E-state index < -0.39 is 0 Å². The molecule has 1 aliphatic rings. The van der Waals surface area contributed by atoms with Gasteiger partial charge in [0.05, 0.1) is 6.54 Å². The maximum Gasteiger partial charge on any atom is 0.193 e. The van der Waals surface area contributed by atoms with Crippen molar-refractivity contribution in [1.82, 2.24) is 10.2 Å². The van der Waals surface area contributed by atoms with Gasteiger partial charge in [0, 0.05) is 33.9 Å². The third-order valence-corrected chi connectivity index (χ3v) is 4.24. The van der Waals surface area contributed by atoms with E-state index in [1.54, 1.807) is 0 Å². The van der Waals surface area contributed by atoms with Gasteiger partial charge in [0.25, 0.3) is 0 Å². The number of aliphatic imine (C=N–C) groups is 1. The van der Waals surface area contributed by atoms with Crippen molar-refractivity contribution in [3.63, 3.8) is 0 Å². The molecule has 4 nitrogen and oxygen atoms in total. The molecule has 0 aliphatic heterocycles. The topological polar surface area (TPSA) is 36.9 Å². The van der Waals surface area contributed by atoms with E-state index in [0.717, 1.165) is 32.1 Å². The van der Waals surface area contributed by atoms with Gasteiger partial charge in [0.1, 0.15) is 0 Å². The lowest BCUT2D eigenvalue weighted by Gasteiger charge is -2.22. The van der Waals surface area contributed by atoms with E-state index in [1.807, 2.05) is 20.2 Å². The van der Waals surface area contributed by atoms with Crippen LogP contribution in [0.25, 0.3) is 0 Å². The highest BCUT2D eigenvalue weighted by Crippen LogP contribution is 2.48. The van der Waals surface area contributed by atoms with Crippen molar-refractivity contribution in [2.75, 3.05) is 33.9 Å². The fourth-order valence-corrected chi connectivity index (χ4v) is 2.50. The van der Waals surface area contributed by atoms with Crippen LogP contribution in [0, 0.1) is 5.41 Å². The Morgan fingerprint density at radius 2 is 1.96 bits per heavy atom. The van der Waals surface area contributed by atoms with E-state index in [0.29, 0.717) is 12.0 Å². The molecule has 2 rings (SSSR count). The highest BCUT2D eigenvalue weighted by molar-refractivity contribution is 14.0. The van der Waals surface area contributed by atoms with Crippen LogP contribution in [0.2, 0.25) is 0 Å². The van der Waals surface area contributed by atoms with Crippen molar-refractivity contribution in [2.45, 2.75) is 32.7 Å². The lowest BCUT2D eigenvalue weighted by atomic mass is 10.0. The summed E-state index contributed by atoms with van der Waals surface area (Å²) >= 11 is 0. The minimum Gasteiger partial charge on any atom is -0.382 e. The zero-order valence-corrected chi connectivity index (χ0v) is 16.9. The number of nitrogens with zero attached hydrogens (tertiary/aromatic N) is 2. The van der Waals surface area contributed by atoms with Crippen molar-refractivity contribution in [3.05, 3.63) is 35.9 Å². The number of nitrogens with one attached hydrogen (secondary N) is 1. The molecule has 23 heavy (non-hydrogen) atoms. The number of ether oxygens (including phenoxy) is 1. The Morgan fingerprint density at radius 1 is 1.26 bits per heavy atom. The number of guanidine groups is 1. The quantitative estimate of drug-likeness (QED) is 0.296. The molecule has 1 aromatic carbocycles. The van der Waals surface area contributed by atoms with Crippen LogP contribution in [0.5, 0.6) is 0 Å². The smallest absolute Gasteiger partial charge is 0.193 e. The Kier molecular flexibility index (Phi) is 8.91. The van der Waals surface area contributed by atoms with Crippen molar-refractivity contribution in [1.29, 1.82) is 0 Å². The molecule has 0 radical (unpaired) electrons. The molecule has 130 valence electrons. The molecule has 0 saturated heterocycles. The number of hydrogen-bond acceptors (Lipinski definition) is 2. The summed E-state index contributed by atoms with van der Waals surface area (Å²) in [6.45, 7) is 5.44. The number of halogens is 1. The van der Waals surface area contributed by atoms with Gasteiger partial charge in [0.15, 0.2) is 5.96 Å². The fourth-order valence-electron chi connectivity index (χ4n) is 2.50. The average molecular weight is 431 g/mol. The van der Waals surface area contributed by atoms with Gasteiger partial charge in [-0.05, 0) is 37.2 Å². The van der Waals surface area contributed by atoms with Crippen molar-refractivity contribution < 1.29 is 4.74 Å². The van der Waals surface area contributed by atoms with E-state index in [1.165, 1.54) is 18.4 Å². The SMILES string of the molecule is CCOCCC1(CNC(=NCc2ccccc2)N(C)C)CC1.I. The summed E-state index contributed by atoms with van der Waals surface area (Å²) in [5.41, 5.74) is 1.67. The van der Waals surface area contributed by atoms with E-state index in [9.17, 15) is 0 Å². The summed E-state index contributed by atoms with van der Waals surface area (Å²) in [4.78, 5) is 6.78. The van der Waals surface area contributed by atoms with Gasteiger partial charge in [-0.2, -0.15) is 0 Å². The zero-order chi connectivity index (χ0) is 15.8. The minimum atomic E-state index is 0. The van der Waals surface area contributed by atoms with Crippen LogP contribution in [0.1, 0.15) is 31.7 Å². The van der Waals surface area contributed by atoms with Crippen LogP contribution in [0.3, 0.4) is 0 Å². The van der Waals surface area contributed by atoms with Gasteiger partial charge in [-0.3, -0.25) is 0 Å². The first-order valence-electron chi connectivity index (χ1n) is 8.22. The monoisotopic (exact) mass is 431 g/mol. The molecule has 1 fully saturated rings. The fraction of sp³-hybridized carbons (Fsp3) is 0.611. The van der Waals surface area contributed by atoms with E-state index >= 15 is 0 Å². The minimum absolute atomic E-state index is 0. The van der Waals surface area contributed by atoms with E-state index in [4.69, 9.17) is 9.73 Å². The van der Waals surface area contributed by atoms with Crippen molar-refractivity contribution >= 4 is 29.9 Å². The van der Waals surface area contributed by atoms with E-state index in [-0.39, 0.29) is 24.0 Å². The molecular weight excluding hydrogens is 401 g/mol. The first-order chi connectivity index (χ1) is 10.7. The Labute approximate surface area is 157 Å². The molecule has 0 atom stereocenters. The molecule has 0 unspecified atom stereocenters. The molecule has 1 saturated carbocycles. The number of hydrogen-bond donors (Lipinski definition) is 1. The average Bonchev–Trinajstić information content (AvgIpc) is 3.28. The molecule has 1 N–H and O–H groups in total. The predicted octanol–water partition coefficient (Wildman–Crippen LogP) is 3.52. The maximum absolute atomic E-state index is 5.50. The van der Waals surface area contributed by atoms with Crippen LogP contribution in [0.4, 0.5) is 0 Å². The molecule has 0 bridgehead atoms. The van der Waals surface area contributed by atoms with Crippen LogP contribution in [-0.2, 0) is 11.3 Å². The third-order valence-electron chi connectivity index (χ3n) is 4.24. The molecule has 1 aliphatic carbocycles. The molecule has 0 heterocycles. The molecular formula is C18H30IN3O. The standard InChI is InChI=1S/C18H29N3O.HI/c1-4-22-13-12-18(10-11-18)15-20-17(21(2)3)19-14-16-8-6-5-7-9-16;/h5-9H,4,10-15H2,1-3H3,(H,19,20);1H. The Morgan fingerprint density at radius 3 is 2.52 bits per heavy atom. The van der Waals surface area contributed by atoms with Gasteiger partial charge >= 0.3 is 0 Å². The van der Waals surface area contributed by atoms with Gasteiger partial charge in [-0.25, -0.2) is 4.99 Å². The number of benzene rings is 1. The summed E-state index contributed by atoms with van der Waals surface area (Å²) in [5, 5.41) is 3.54. The molecule has 5 heteroatoms. The summed E-state index contributed by atoms with van der Waals surface area (Å²) in [5.74, 6) is 0.964. The second-order valence-electron chi connectivity index (χ2n) is 6.32. The van der Waals surface area contributed by atoms with Gasteiger partial charge in [0.2, 0.25) is 0 Å². The highest BCUT2D eigenvalue weighted by atomic mass is 127. The summed E-state index contributed by atoms with van der Waals surface area (Å²) in [6, 6.07) is 10.4. The van der Waals surface area contributed by atoms with Gasteiger partial charge in [-0.1, -0.05) is 30.3 Å². The van der Waals surface area contributed by atoms with Gasteiger partial charge < -0.3 is 15.0 Å². The summed E-state index contributed by atoms with van der Waals surface area (Å²) in [6.07, 6.45) is 3.74.